The lowest BCUT2D eigenvalue weighted by Gasteiger charge is -2.34. The summed E-state index contributed by atoms with van der Waals surface area (Å²) in [6.45, 7) is 5.07. The number of rotatable bonds is 3. The number of nitrogens with one attached hydrogen (secondary N) is 1. The van der Waals surface area contributed by atoms with Crippen LogP contribution < -0.4 is 5.32 Å². The third-order valence-corrected chi connectivity index (χ3v) is 4.73. The lowest BCUT2D eigenvalue weighted by molar-refractivity contribution is 0.306. The molecule has 0 saturated heterocycles. The van der Waals surface area contributed by atoms with Crippen LogP contribution in [0.2, 0.25) is 0 Å². The van der Waals surface area contributed by atoms with Crippen LogP contribution >= 0.6 is 0 Å². The van der Waals surface area contributed by atoms with Crippen molar-refractivity contribution >= 4 is 9.84 Å². The predicted molar refractivity (Wildman–Crippen MR) is 59.1 cm³/mol. The van der Waals surface area contributed by atoms with E-state index in [1.807, 2.05) is 6.92 Å². The van der Waals surface area contributed by atoms with E-state index in [0.29, 0.717) is 5.92 Å². The quantitative estimate of drug-likeness (QED) is 0.776. The first-order valence-corrected chi connectivity index (χ1v) is 7.32. The average Bonchev–Trinajstić information content (AvgIpc) is 2.02. The van der Waals surface area contributed by atoms with Crippen LogP contribution in [0.15, 0.2) is 0 Å². The Bertz CT molecular complexity index is 274. The Morgan fingerprint density at radius 1 is 1.36 bits per heavy atom. The first-order valence-electron chi connectivity index (χ1n) is 5.37. The number of hydrogen-bond donors (Lipinski definition) is 1. The van der Waals surface area contributed by atoms with Crippen molar-refractivity contribution in [2.75, 3.05) is 12.8 Å². The minimum Gasteiger partial charge on any atom is -0.313 e. The van der Waals surface area contributed by atoms with Crippen molar-refractivity contribution in [3.8, 4) is 0 Å². The first-order chi connectivity index (χ1) is 6.45. The van der Waals surface area contributed by atoms with E-state index in [0.717, 1.165) is 25.8 Å². The molecular formula is C10H21NO2S. The van der Waals surface area contributed by atoms with E-state index < -0.39 is 9.84 Å². The Labute approximate surface area is 87.2 Å². The van der Waals surface area contributed by atoms with Gasteiger partial charge in [-0.3, -0.25) is 0 Å². The molecule has 3 atom stereocenters. The molecule has 0 radical (unpaired) electrons. The molecular weight excluding hydrogens is 198 g/mol. The molecule has 1 saturated carbocycles. The molecule has 0 amide bonds. The van der Waals surface area contributed by atoms with Gasteiger partial charge in [-0.05, 0) is 31.7 Å². The Hall–Kier alpha value is -0.0900. The molecule has 4 heteroatoms. The van der Waals surface area contributed by atoms with Gasteiger partial charge in [0.25, 0.3) is 0 Å². The van der Waals surface area contributed by atoms with Gasteiger partial charge < -0.3 is 5.32 Å². The standard InChI is InChI=1S/C10H21NO2S/c1-4-11-9-7-8(2)5-6-10(9)14(3,12)13/h8-11H,4-7H2,1-3H3. The monoisotopic (exact) mass is 219 g/mol. The Morgan fingerprint density at radius 3 is 2.50 bits per heavy atom. The van der Waals surface area contributed by atoms with Gasteiger partial charge in [0.15, 0.2) is 9.84 Å². The van der Waals surface area contributed by atoms with E-state index in [1.165, 1.54) is 6.26 Å². The lowest BCUT2D eigenvalue weighted by Crippen LogP contribution is -2.47. The summed E-state index contributed by atoms with van der Waals surface area (Å²) in [5, 5.41) is 3.12. The summed E-state index contributed by atoms with van der Waals surface area (Å²) in [5.41, 5.74) is 0. The van der Waals surface area contributed by atoms with Gasteiger partial charge in [0.2, 0.25) is 0 Å². The number of hydrogen-bond acceptors (Lipinski definition) is 3. The van der Waals surface area contributed by atoms with Gasteiger partial charge >= 0.3 is 0 Å². The van der Waals surface area contributed by atoms with Crippen LogP contribution in [0.3, 0.4) is 0 Å². The van der Waals surface area contributed by atoms with Crippen LogP contribution in [0.1, 0.15) is 33.1 Å². The fourth-order valence-corrected chi connectivity index (χ4v) is 3.71. The summed E-state index contributed by atoms with van der Waals surface area (Å²) in [6.07, 6.45) is 4.21. The largest absolute Gasteiger partial charge is 0.313 e. The molecule has 0 aromatic rings. The summed E-state index contributed by atoms with van der Waals surface area (Å²) >= 11 is 0. The smallest absolute Gasteiger partial charge is 0.151 e. The maximum atomic E-state index is 11.5. The summed E-state index contributed by atoms with van der Waals surface area (Å²) in [6, 6.07) is 0.166. The van der Waals surface area contributed by atoms with Crippen molar-refractivity contribution in [1.82, 2.24) is 5.32 Å². The van der Waals surface area contributed by atoms with Crippen LogP contribution in [-0.2, 0) is 9.84 Å². The van der Waals surface area contributed by atoms with Gasteiger partial charge in [-0.25, -0.2) is 8.42 Å². The van der Waals surface area contributed by atoms with E-state index in [-0.39, 0.29) is 11.3 Å². The fourth-order valence-electron chi connectivity index (χ4n) is 2.34. The van der Waals surface area contributed by atoms with Gasteiger partial charge in [0.1, 0.15) is 0 Å². The normalized spacial score (nSPS) is 34.4. The highest BCUT2D eigenvalue weighted by Crippen LogP contribution is 2.28. The Balaban J connectivity index is 2.72. The second kappa shape index (κ2) is 4.62. The van der Waals surface area contributed by atoms with E-state index >= 15 is 0 Å². The maximum Gasteiger partial charge on any atom is 0.151 e. The highest BCUT2D eigenvalue weighted by molar-refractivity contribution is 7.91. The summed E-state index contributed by atoms with van der Waals surface area (Å²) in [7, 11) is -2.88. The summed E-state index contributed by atoms with van der Waals surface area (Å²) < 4.78 is 23.1. The second-order valence-electron chi connectivity index (χ2n) is 4.45. The summed E-state index contributed by atoms with van der Waals surface area (Å²) in [5.74, 6) is 0.650. The zero-order valence-corrected chi connectivity index (χ0v) is 10.1. The van der Waals surface area contributed by atoms with E-state index in [4.69, 9.17) is 0 Å². The van der Waals surface area contributed by atoms with Gasteiger partial charge in [0, 0.05) is 12.3 Å². The molecule has 0 spiro atoms. The first kappa shape index (κ1) is 12.0. The fraction of sp³-hybridized carbons (Fsp3) is 1.00. The van der Waals surface area contributed by atoms with Crippen LogP contribution in [0.4, 0.5) is 0 Å². The molecule has 0 aliphatic heterocycles. The second-order valence-corrected chi connectivity index (χ2v) is 6.71. The van der Waals surface area contributed by atoms with Gasteiger partial charge in [-0.1, -0.05) is 13.8 Å². The van der Waals surface area contributed by atoms with Gasteiger partial charge in [-0.2, -0.15) is 0 Å². The molecule has 0 aromatic carbocycles. The van der Waals surface area contributed by atoms with Crippen LogP contribution in [0, 0.1) is 5.92 Å². The molecule has 3 unspecified atom stereocenters. The van der Waals surface area contributed by atoms with E-state index in [2.05, 4.69) is 12.2 Å². The van der Waals surface area contributed by atoms with Crippen LogP contribution in [-0.4, -0.2) is 32.5 Å². The van der Waals surface area contributed by atoms with Crippen molar-refractivity contribution in [1.29, 1.82) is 0 Å². The molecule has 1 rings (SSSR count). The molecule has 84 valence electrons. The van der Waals surface area contributed by atoms with Gasteiger partial charge in [0.05, 0.1) is 5.25 Å². The third kappa shape index (κ3) is 2.95. The van der Waals surface area contributed by atoms with Crippen molar-refractivity contribution < 1.29 is 8.42 Å². The molecule has 1 fully saturated rings. The molecule has 1 aliphatic carbocycles. The van der Waals surface area contributed by atoms with Crippen LogP contribution in [0.5, 0.6) is 0 Å². The van der Waals surface area contributed by atoms with Crippen molar-refractivity contribution in [2.45, 2.75) is 44.4 Å². The molecule has 0 heterocycles. The van der Waals surface area contributed by atoms with Crippen LogP contribution in [0.25, 0.3) is 0 Å². The minimum absolute atomic E-state index is 0.166. The predicted octanol–water partition coefficient (Wildman–Crippen LogP) is 1.20. The number of sulfone groups is 1. The zero-order chi connectivity index (χ0) is 10.8. The zero-order valence-electron chi connectivity index (χ0n) is 9.29. The highest BCUT2D eigenvalue weighted by Gasteiger charge is 2.34. The van der Waals surface area contributed by atoms with Crippen molar-refractivity contribution in [3.05, 3.63) is 0 Å². The highest BCUT2D eigenvalue weighted by atomic mass is 32.2. The molecule has 0 bridgehead atoms. The maximum absolute atomic E-state index is 11.5. The Morgan fingerprint density at radius 2 is 2.00 bits per heavy atom. The molecule has 14 heavy (non-hydrogen) atoms. The van der Waals surface area contributed by atoms with Crippen molar-refractivity contribution in [3.63, 3.8) is 0 Å². The lowest BCUT2D eigenvalue weighted by atomic mass is 9.86. The average molecular weight is 219 g/mol. The molecule has 0 aromatic heterocycles. The topological polar surface area (TPSA) is 46.2 Å². The van der Waals surface area contributed by atoms with Crippen molar-refractivity contribution in [2.24, 2.45) is 5.92 Å². The third-order valence-electron chi connectivity index (χ3n) is 3.07. The minimum atomic E-state index is -2.88. The van der Waals surface area contributed by atoms with E-state index in [9.17, 15) is 8.42 Å². The van der Waals surface area contributed by atoms with Gasteiger partial charge in [-0.15, -0.1) is 0 Å². The Kier molecular flexibility index (Phi) is 3.95. The molecule has 1 N–H and O–H groups in total. The molecule has 1 aliphatic rings. The SMILES string of the molecule is CCNC1CC(C)CCC1S(C)(=O)=O. The summed E-state index contributed by atoms with van der Waals surface area (Å²) in [4.78, 5) is 0. The molecule has 3 nitrogen and oxygen atoms in total. The van der Waals surface area contributed by atoms with E-state index in [1.54, 1.807) is 0 Å².